The van der Waals surface area contributed by atoms with Gasteiger partial charge in [-0.15, -0.1) is 0 Å². The van der Waals surface area contributed by atoms with Crippen LogP contribution >= 0.6 is 0 Å². The standard InChI is InChI=1S/C12H21NO3/c1-2-3-4-5-8-11(14)13-9-6-7-10(13)12(15)16/h10H,2-9H2,1H3,(H,15,16)/t10-/m0/s1. The predicted molar refractivity (Wildman–Crippen MR) is 61.1 cm³/mol. The third-order valence-corrected chi connectivity index (χ3v) is 3.10. The third-order valence-electron chi connectivity index (χ3n) is 3.10. The molecule has 0 unspecified atom stereocenters. The summed E-state index contributed by atoms with van der Waals surface area (Å²) in [5.41, 5.74) is 0. The minimum atomic E-state index is -0.862. The number of carbonyl (C=O) groups excluding carboxylic acids is 1. The zero-order chi connectivity index (χ0) is 12.0. The van der Waals surface area contributed by atoms with Crippen LogP contribution in [0.5, 0.6) is 0 Å². The van der Waals surface area contributed by atoms with E-state index in [1.54, 1.807) is 0 Å². The highest BCUT2D eigenvalue weighted by atomic mass is 16.4. The minimum Gasteiger partial charge on any atom is -0.480 e. The number of unbranched alkanes of at least 4 members (excludes halogenated alkanes) is 3. The lowest BCUT2D eigenvalue weighted by atomic mass is 10.1. The number of carbonyl (C=O) groups is 2. The van der Waals surface area contributed by atoms with E-state index in [4.69, 9.17) is 5.11 Å². The molecule has 1 aliphatic heterocycles. The van der Waals surface area contributed by atoms with E-state index in [1.165, 1.54) is 4.90 Å². The van der Waals surface area contributed by atoms with E-state index < -0.39 is 12.0 Å². The summed E-state index contributed by atoms with van der Waals surface area (Å²) in [7, 11) is 0. The molecule has 1 fully saturated rings. The number of aliphatic carboxylic acids is 1. The van der Waals surface area contributed by atoms with Crippen molar-refractivity contribution in [3.05, 3.63) is 0 Å². The first-order valence-corrected chi connectivity index (χ1v) is 6.19. The van der Waals surface area contributed by atoms with Gasteiger partial charge in [0, 0.05) is 13.0 Å². The highest BCUT2D eigenvalue weighted by Crippen LogP contribution is 2.19. The molecule has 1 heterocycles. The van der Waals surface area contributed by atoms with Crippen molar-refractivity contribution in [1.29, 1.82) is 0 Å². The molecule has 0 aliphatic carbocycles. The van der Waals surface area contributed by atoms with Crippen molar-refractivity contribution in [1.82, 2.24) is 4.90 Å². The van der Waals surface area contributed by atoms with Crippen LogP contribution in [0.15, 0.2) is 0 Å². The monoisotopic (exact) mass is 227 g/mol. The minimum absolute atomic E-state index is 0.0148. The highest BCUT2D eigenvalue weighted by molar-refractivity contribution is 5.84. The van der Waals surface area contributed by atoms with Gasteiger partial charge >= 0.3 is 5.97 Å². The summed E-state index contributed by atoms with van der Waals surface area (Å²) >= 11 is 0. The summed E-state index contributed by atoms with van der Waals surface area (Å²) < 4.78 is 0. The molecule has 1 amide bonds. The first-order valence-electron chi connectivity index (χ1n) is 6.19. The molecule has 0 aromatic rings. The SMILES string of the molecule is CCCCCCC(=O)N1CCC[C@H]1C(=O)O. The van der Waals surface area contributed by atoms with Gasteiger partial charge in [-0.25, -0.2) is 4.79 Å². The number of rotatable bonds is 6. The Morgan fingerprint density at radius 3 is 2.69 bits per heavy atom. The normalized spacial score (nSPS) is 20.1. The Morgan fingerprint density at radius 2 is 2.06 bits per heavy atom. The van der Waals surface area contributed by atoms with E-state index in [0.717, 1.165) is 32.1 Å². The van der Waals surface area contributed by atoms with Crippen molar-refractivity contribution in [2.24, 2.45) is 0 Å². The molecular formula is C12H21NO3. The fraction of sp³-hybridized carbons (Fsp3) is 0.833. The summed E-state index contributed by atoms with van der Waals surface area (Å²) in [6, 6.07) is -0.571. The van der Waals surface area contributed by atoms with Crippen LogP contribution in [0, 0.1) is 0 Å². The van der Waals surface area contributed by atoms with Crippen LogP contribution in [-0.2, 0) is 9.59 Å². The maximum Gasteiger partial charge on any atom is 0.326 e. The molecule has 0 saturated carbocycles. The molecule has 0 radical (unpaired) electrons. The van der Waals surface area contributed by atoms with Crippen molar-refractivity contribution in [3.8, 4) is 0 Å². The highest BCUT2D eigenvalue weighted by Gasteiger charge is 2.33. The van der Waals surface area contributed by atoms with E-state index in [0.29, 0.717) is 19.4 Å². The molecule has 1 aliphatic rings. The number of hydrogen-bond donors (Lipinski definition) is 1. The summed E-state index contributed by atoms with van der Waals surface area (Å²) in [6.45, 7) is 2.74. The van der Waals surface area contributed by atoms with Crippen LogP contribution in [0.1, 0.15) is 51.9 Å². The molecule has 1 atom stereocenters. The molecule has 0 aromatic heterocycles. The van der Waals surface area contributed by atoms with Gasteiger partial charge in [0.25, 0.3) is 0 Å². The molecule has 1 rings (SSSR count). The fourth-order valence-electron chi connectivity index (χ4n) is 2.17. The van der Waals surface area contributed by atoms with E-state index in [-0.39, 0.29) is 5.91 Å². The first-order chi connectivity index (χ1) is 7.66. The van der Waals surface area contributed by atoms with Crippen molar-refractivity contribution >= 4 is 11.9 Å². The Labute approximate surface area is 96.6 Å². The lowest BCUT2D eigenvalue weighted by Gasteiger charge is -2.21. The van der Waals surface area contributed by atoms with Crippen molar-refractivity contribution in [2.45, 2.75) is 57.9 Å². The van der Waals surface area contributed by atoms with E-state index in [1.807, 2.05) is 0 Å². The number of nitrogens with zero attached hydrogens (tertiary/aromatic N) is 1. The zero-order valence-electron chi connectivity index (χ0n) is 9.95. The van der Waals surface area contributed by atoms with E-state index in [2.05, 4.69) is 6.92 Å². The summed E-state index contributed by atoms with van der Waals surface area (Å²) in [6.07, 6.45) is 6.17. The number of carboxylic acids is 1. The summed E-state index contributed by atoms with van der Waals surface area (Å²) in [5.74, 6) is -0.847. The maximum absolute atomic E-state index is 11.8. The van der Waals surface area contributed by atoms with Gasteiger partial charge < -0.3 is 10.0 Å². The van der Waals surface area contributed by atoms with Crippen LogP contribution in [-0.4, -0.2) is 34.5 Å². The zero-order valence-corrected chi connectivity index (χ0v) is 9.95. The van der Waals surface area contributed by atoms with Gasteiger partial charge in [-0.3, -0.25) is 4.79 Å². The van der Waals surface area contributed by atoms with Crippen LogP contribution in [0.3, 0.4) is 0 Å². The molecule has 4 nitrogen and oxygen atoms in total. The van der Waals surface area contributed by atoms with E-state index >= 15 is 0 Å². The second kappa shape index (κ2) is 6.51. The van der Waals surface area contributed by atoms with Gasteiger partial charge in [0.05, 0.1) is 0 Å². The smallest absolute Gasteiger partial charge is 0.326 e. The van der Waals surface area contributed by atoms with Gasteiger partial charge in [-0.1, -0.05) is 26.2 Å². The molecule has 4 heteroatoms. The lowest BCUT2D eigenvalue weighted by molar-refractivity contribution is -0.148. The number of likely N-dealkylation sites (tertiary alicyclic amines) is 1. The Kier molecular flexibility index (Phi) is 5.29. The lowest BCUT2D eigenvalue weighted by Crippen LogP contribution is -2.40. The number of hydrogen-bond acceptors (Lipinski definition) is 2. The van der Waals surface area contributed by atoms with Gasteiger partial charge in [0.2, 0.25) is 5.91 Å². The van der Waals surface area contributed by atoms with Crippen molar-refractivity contribution in [2.75, 3.05) is 6.54 Å². The fourth-order valence-corrected chi connectivity index (χ4v) is 2.17. The first kappa shape index (κ1) is 13.0. The molecule has 1 saturated heterocycles. The van der Waals surface area contributed by atoms with Crippen LogP contribution < -0.4 is 0 Å². The average Bonchev–Trinajstić information content (AvgIpc) is 2.73. The Balaban J connectivity index is 2.32. The molecule has 0 bridgehead atoms. The maximum atomic E-state index is 11.8. The van der Waals surface area contributed by atoms with Gasteiger partial charge in [-0.05, 0) is 19.3 Å². The Morgan fingerprint density at radius 1 is 1.31 bits per heavy atom. The second-order valence-corrected chi connectivity index (χ2v) is 4.39. The summed E-state index contributed by atoms with van der Waals surface area (Å²) in [5, 5.41) is 8.95. The molecular weight excluding hydrogens is 206 g/mol. The largest absolute Gasteiger partial charge is 0.480 e. The van der Waals surface area contributed by atoms with Crippen LogP contribution in [0.4, 0.5) is 0 Å². The molecule has 16 heavy (non-hydrogen) atoms. The van der Waals surface area contributed by atoms with E-state index in [9.17, 15) is 9.59 Å². The summed E-state index contributed by atoms with van der Waals surface area (Å²) in [4.78, 5) is 24.2. The molecule has 0 spiro atoms. The van der Waals surface area contributed by atoms with Crippen LogP contribution in [0.25, 0.3) is 0 Å². The van der Waals surface area contributed by atoms with Gasteiger partial charge in [-0.2, -0.15) is 0 Å². The molecule has 92 valence electrons. The Bertz CT molecular complexity index is 253. The van der Waals surface area contributed by atoms with Gasteiger partial charge in [0.1, 0.15) is 6.04 Å². The molecule has 1 N–H and O–H groups in total. The second-order valence-electron chi connectivity index (χ2n) is 4.39. The Hall–Kier alpha value is -1.06. The average molecular weight is 227 g/mol. The van der Waals surface area contributed by atoms with Crippen LogP contribution in [0.2, 0.25) is 0 Å². The van der Waals surface area contributed by atoms with Crippen molar-refractivity contribution < 1.29 is 14.7 Å². The number of carboxylic acid groups (broad SMARTS) is 1. The molecule has 0 aromatic carbocycles. The number of amides is 1. The third kappa shape index (κ3) is 3.51. The quantitative estimate of drug-likeness (QED) is 0.706. The topological polar surface area (TPSA) is 57.6 Å². The van der Waals surface area contributed by atoms with Gasteiger partial charge in [0.15, 0.2) is 0 Å². The predicted octanol–water partition coefficient (Wildman–Crippen LogP) is 2.03. The van der Waals surface area contributed by atoms with Crippen molar-refractivity contribution in [3.63, 3.8) is 0 Å².